The van der Waals surface area contributed by atoms with Crippen molar-refractivity contribution in [2.75, 3.05) is 6.61 Å². The Kier molecular flexibility index (Phi) is 3.43. The van der Waals surface area contributed by atoms with Crippen LogP contribution in [0.15, 0.2) is 18.2 Å². The normalized spacial score (nSPS) is 11.5. The molecule has 0 bridgehead atoms. The summed E-state index contributed by atoms with van der Waals surface area (Å²) in [6.07, 6.45) is 0. The summed E-state index contributed by atoms with van der Waals surface area (Å²) in [5.74, 6) is 0.738. The molecule has 1 nitrogen and oxygen atoms in total. The minimum atomic E-state index is -0.117. The van der Waals surface area contributed by atoms with Crippen LogP contribution in [0.5, 0.6) is 5.75 Å². The van der Waals surface area contributed by atoms with E-state index in [0.717, 1.165) is 11.3 Å². The van der Waals surface area contributed by atoms with E-state index >= 15 is 0 Å². The second kappa shape index (κ2) is 4.22. The van der Waals surface area contributed by atoms with E-state index in [1.165, 1.54) is 0 Å². The molecule has 1 rings (SSSR count). The van der Waals surface area contributed by atoms with Crippen molar-refractivity contribution in [1.29, 1.82) is 0 Å². The molecule has 1 radical (unpaired) electrons. The minimum Gasteiger partial charge on any atom is -0.492 e. The van der Waals surface area contributed by atoms with Gasteiger partial charge in [0.15, 0.2) is 0 Å². The zero-order chi connectivity index (χ0) is 10.8. The van der Waals surface area contributed by atoms with Gasteiger partial charge < -0.3 is 4.74 Å². The summed E-state index contributed by atoms with van der Waals surface area (Å²) >= 11 is 6.06. The molecule has 14 heavy (non-hydrogen) atoms. The molecule has 0 spiro atoms. The Morgan fingerprint density at radius 1 is 1.43 bits per heavy atom. The van der Waals surface area contributed by atoms with Crippen molar-refractivity contribution in [1.82, 2.24) is 0 Å². The molecule has 77 valence electrons. The molecule has 1 aromatic carbocycles. The maximum atomic E-state index is 6.06. The topological polar surface area (TPSA) is 9.23 Å². The molecule has 0 N–H and O–H groups in total. The molecular formula is C12H16ClO. The first-order chi connectivity index (χ1) is 6.45. The van der Waals surface area contributed by atoms with Crippen LogP contribution in [0.25, 0.3) is 0 Å². The minimum absolute atomic E-state index is 0.117. The monoisotopic (exact) mass is 211 g/mol. The van der Waals surface area contributed by atoms with Crippen LogP contribution in [0.3, 0.4) is 0 Å². The molecule has 0 aromatic heterocycles. The molecule has 0 aliphatic heterocycles. The van der Waals surface area contributed by atoms with Gasteiger partial charge in [0, 0.05) is 0 Å². The second-order valence-electron chi connectivity index (χ2n) is 3.96. The Hall–Kier alpha value is -0.690. The summed E-state index contributed by atoms with van der Waals surface area (Å²) in [5, 5.41) is 0.654. The molecule has 0 aliphatic rings. The first-order valence-electron chi connectivity index (χ1n) is 4.73. The van der Waals surface area contributed by atoms with Gasteiger partial charge in [0.25, 0.3) is 0 Å². The van der Waals surface area contributed by atoms with E-state index in [1.54, 1.807) is 0 Å². The number of benzene rings is 1. The third kappa shape index (κ3) is 2.65. The summed E-state index contributed by atoms with van der Waals surface area (Å²) in [7, 11) is 0. The zero-order valence-electron chi connectivity index (χ0n) is 8.93. The van der Waals surface area contributed by atoms with Gasteiger partial charge in [0.2, 0.25) is 0 Å². The van der Waals surface area contributed by atoms with Crippen LogP contribution in [-0.4, -0.2) is 6.61 Å². The lowest BCUT2D eigenvalue weighted by atomic mass is 9.87. The third-order valence-corrected chi connectivity index (χ3v) is 2.31. The Morgan fingerprint density at radius 3 is 2.50 bits per heavy atom. The van der Waals surface area contributed by atoms with E-state index in [-0.39, 0.29) is 5.41 Å². The van der Waals surface area contributed by atoms with Crippen molar-refractivity contribution in [2.45, 2.75) is 26.2 Å². The Morgan fingerprint density at radius 2 is 2.07 bits per heavy atom. The fourth-order valence-electron chi connectivity index (χ4n) is 1.19. The van der Waals surface area contributed by atoms with E-state index in [0.29, 0.717) is 11.6 Å². The van der Waals surface area contributed by atoms with E-state index in [2.05, 4.69) is 20.8 Å². The van der Waals surface area contributed by atoms with Gasteiger partial charge >= 0.3 is 0 Å². The van der Waals surface area contributed by atoms with Crippen molar-refractivity contribution < 1.29 is 4.74 Å². The highest BCUT2D eigenvalue weighted by Crippen LogP contribution is 2.30. The highest BCUT2D eigenvalue weighted by Gasteiger charge is 2.15. The van der Waals surface area contributed by atoms with Crippen LogP contribution >= 0.6 is 11.6 Å². The summed E-state index contributed by atoms with van der Waals surface area (Å²) in [5.41, 5.74) is 1.000. The molecule has 0 saturated carbocycles. The standard InChI is InChI=1S/C12H16ClO/c1-5-14-11-7-6-9(8-10(11)13)12(2,3)4/h6-8H,2,5H2,1,3-4H3. The van der Waals surface area contributed by atoms with Gasteiger partial charge in [-0.15, -0.1) is 0 Å². The molecule has 1 aromatic rings. The number of ether oxygens (including phenoxy) is 1. The number of halogens is 1. The van der Waals surface area contributed by atoms with Gasteiger partial charge in [0.05, 0.1) is 11.6 Å². The zero-order valence-corrected chi connectivity index (χ0v) is 9.69. The van der Waals surface area contributed by atoms with Crippen molar-refractivity contribution in [3.8, 4) is 5.75 Å². The third-order valence-electron chi connectivity index (χ3n) is 2.01. The van der Waals surface area contributed by atoms with Crippen molar-refractivity contribution in [3.63, 3.8) is 0 Å². The number of hydrogen-bond acceptors (Lipinski definition) is 1. The van der Waals surface area contributed by atoms with Gasteiger partial charge in [-0.2, -0.15) is 0 Å². The molecule has 0 saturated heterocycles. The molecule has 0 atom stereocenters. The predicted octanol–water partition coefficient (Wildman–Crippen LogP) is 3.85. The molecule has 0 unspecified atom stereocenters. The van der Waals surface area contributed by atoms with Crippen LogP contribution < -0.4 is 4.74 Å². The average Bonchev–Trinajstić information content (AvgIpc) is 2.07. The summed E-state index contributed by atoms with van der Waals surface area (Å²) in [6, 6.07) is 5.82. The van der Waals surface area contributed by atoms with Gasteiger partial charge in [-0.3, -0.25) is 0 Å². The quantitative estimate of drug-likeness (QED) is 0.738. The van der Waals surface area contributed by atoms with E-state index in [1.807, 2.05) is 25.1 Å². The molecular weight excluding hydrogens is 196 g/mol. The maximum Gasteiger partial charge on any atom is 0.137 e. The summed E-state index contributed by atoms with van der Waals surface area (Å²) < 4.78 is 5.35. The van der Waals surface area contributed by atoms with Gasteiger partial charge in [-0.25, -0.2) is 0 Å². The first-order valence-corrected chi connectivity index (χ1v) is 5.11. The number of rotatable bonds is 3. The maximum absolute atomic E-state index is 6.06. The van der Waals surface area contributed by atoms with Crippen LogP contribution in [0.1, 0.15) is 26.3 Å². The van der Waals surface area contributed by atoms with E-state index < -0.39 is 0 Å². The SMILES string of the molecule is [CH2]C(C)(C)c1ccc(OCC)c(Cl)c1. The van der Waals surface area contributed by atoms with Crippen molar-refractivity contribution in [2.24, 2.45) is 0 Å². The summed E-state index contributed by atoms with van der Waals surface area (Å²) in [4.78, 5) is 0. The van der Waals surface area contributed by atoms with E-state index in [9.17, 15) is 0 Å². The van der Waals surface area contributed by atoms with Crippen molar-refractivity contribution >= 4 is 11.6 Å². The first kappa shape index (κ1) is 11.4. The van der Waals surface area contributed by atoms with Crippen LogP contribution in [-0.2, 0) is 5.41 Å². The lowest BCUT2D eigenvalue weighted by molar-refractivity contribution is 0.340. The Balaban J connectivity index is 3.01. The fourth-order valence-corrected chi connectivity index (χ4v) is 1.43. The van der Waals surface area contributed by atoms with Crippen LogP contribution in [0.2, 0.25) is 5.02 Å². The summed E-state index contributed by atoms with van der Waals surface area (Å²) in [6.45, 7) is 10.7. The molecule has 2 heteroatoms. The second-order valence-corrected chi connectivity index (χ2v) is 4.37. The molecule has 0 aliphatic carbocycles. The average molecular weight is 212 g/mol. The van der Waals surface area contributed by atoms with Gasteiger partial charge in [0.1, 0.15) is 5.75 Å². The highest BCUT2D eigenvalue weighted by atomic mass is 35.5. The van der Waals surface area contributed by atoms with E-state index in [4.69, 9.17) is 16.3 Å². The van der Waals surface area contributed by atoms with Crippen LogP contribution in [0, 0.1) is 6.92 Å². The Labute approximate surface area is 91.0 Å². The fraction of sp³-hybridized carbons (Fsp3) is 0.417. The molecule has 0 fully saturated rings. The smallest absolute Gasteiger partial charge is 0.137 e. The van der Waals surface area contributed by atoms with Gasteiger partial charge in [-0.05, 0) is 37.0 Å². The molecule has 0 heterocycles. The lowest BCUT2D eigenvalue weighted by Crippen LogP contribution is -2.11. The highest BCUT2D eigenvalue weighted by molar-refractivity contribution is 6.32. The molecule has 0 amide bonds. The largest absolute Gasteiger partial charge is 0.492 e. The lowest BCUT2D eigenvalue weighted by Gasteiger charge is -2.19. The van der Waals surface area contributed by atoms with Crippen LogP contribution in [0.4, 0.5) is 0 Å². The number of hydrogen-bond donors (Lipinski definition) is 0. The predicted molar refractivity (Wildman–Crippen MR) is 61.0 cm³/mol. The van der Waals surface area contributed by atoms with Crippen molar-refractivity contribution in [3.05, 3.63) is 35.7 Å². The Bertz CT molecular complexity index is 313. The van der Waals surface area contributed by atoms with Gasteiger partial charge in [-0.1, -0.05) is 31.5 Å².